The summed E-state index contributed by atoms with van der Waals surface area (Å²) in [6.45, 7) is 4.34. The lowest BCUT2D eigenvalue weighted by atomic mass is 10.0. The highest BCUT2D eigenvalue weighted by atomic mass is 16.1. The molecule has 0 unspecified atom stereocenters. The van der Waals surface area contributed by atoms with Crippen LogP contribution in [0.25, 0.3) is 11.4 Å². The molecule has 1 aliphatic carbocycles. The number of benzene rings is 1. The summed E-state index contributed by atoms with van der Waals surface area (Å²) in [6.07, 6.45) is 2.31. The van der Waals surface area contributed by atoms with Gasteiger partial charge in [0.15, 0.2) is 0 Å². The second-order valence-electron chi connectivity index (χ2n) is 5.57. The monoisotopic (exact) mass is 254 g/mol. The molecule has 0 atom stereocenters. The maximum Gasteiger partial charge on any atom is 0.251 e. The normalized spacial score (nSPS) is 14.9. The molecule has 1 aliphatic rings. The molecule has 0 aliphatic heterocycles. The summed E-state index contributed by atoms with van der Waals surface area (Å²) in [5.74, 6) is 1.69. The predicted octanol–water partition coefficient (Wildman–Crippen LogP) is 3.44. The van der Waals surface area contributed by atoms with E-state index in [2.05, 4.69) is 35.9 Å². The van der Waals surface area contributed by atoms with Crippen LogP contribution in [0.3, 0.4) is 0 Å². The first-order valence-electron chi connectivity index (χ1n) is 6.85. The van der Waals surface area contributed by atoms with Crippen molar-refractivity contribution in [1.82, 2.24) is 9.97 Å². The Kier molecular flexibility index (Phi) is 2.97. The molecular weight excluding hydrogens is 236 g/mol. The van der Waals surface area contributed by atoms with Gasteiger partial charge in [-0.25, -0.2) is 4.98 Å². The molecule has 2 aromatic rings. The van der Waals surface area contributed by atoms with Crippen LogP contribution in [0.5, 0.6) is 0 Å². The largest absolute Gasteiger partial charge is 0.307 e. The van der Waals surface area contributed by atoms with Crippen molar-refractivity contribution in [1.29, 1.82) is 0 Å². The van der Waals surface area contributed by atoms with E-state index in [-0.39, 0.29) is 5.56 Å². The average Bonchev–Trinajstić information content (AvgIpc) is 3.22. The third-order valence-electron chi connectivity index (χ3n) is 3.61. The minimum absolute atomic E-state index is 0.0557. The third kappa shape index (κ3) is 2.60. The van der Waals surface area contributed by atoms with Crippen LogP contribution >= 0.6 is 0 Å². The molecule has 1 N–H and O–H groups in total. The summed E-state index contributed by atoms with van der Waals surface area (Å²) in [5.41, 5.74) is 3.15. The van der Waals surface area contributed by atoms with Gasteiger partial charge < -0.3 is 4.98 Å². The molecule has 0 saturated heterocycles. The van der Waals surface area contributed by atoms with Crippen LogP contribution in [0, 0.1) is 0 Å². The Labute approximate surface area is 112 Å². The number of nitrogens with one attached hydrogen (secondary N) is 1. The van der Waals surface area contributed by atoms with Crippen LogP contribution in [-0.2, 0) is 0 Å². The number of H-pyrrole nitrogens is 1. The van der Waals surface area contributed by atoms with E-state index in [1.165, 1.54) is 5.56 Å². The standard InChI is InChI=1S/C16H18N2O/c1-10(2)11-3-7-13(8-4-11)16-17-14(12-5-6-12)9-15(19)18-16/h3-4,7-10,12H,5-6H2,1-2H3,(H,17,18,19). The van der Waals surface area contributed by atoms with Crippen LogP contribution in [-0.4, -0.2) is 9.97 Å². The topological polar surface area (TPSA) is 45.8 Å². The summed E-state index contributed by atoms with van der Waals surface area (Å²) in [5, 5.41) is 0. The summed E-state index contributed by atoms with van der Waals surface area (Å²) in [6, 6.07) is 9.89. The zero-order chi connectivity index (χ0) is 13.4. The van der Waals surface area contributed by atoms with E-state index in [9.17, 15) is 4.79 Å². The van der Waals surface area contributed by atoms with E-state index in [4.69, 9.17) is 0 Å². The SMILES string of the molecule is CC(C)c1ccc(-c2nc(C3CC3)cc(=O)[nH]2)cc1. The van der Waals surface area contributed by atoms with E-state index in [0.29, 0.717) is 17.7 Å². The predicted molar refractivity (Wildman–Crippen MR) is 76.4 cm³/mol. The number of hydrogen-bond donors (Lipinski definition) is 1. The van der Waals surface area contributed by atoms with Gasteiger partial charge in [0.2, 0.25) is 0 Å². The van der Waals surface area contributed by atoms with Gasteiger partial charge in [0.1, 0.15) is 5.82 Å². The van der Waals surface area contributed by atoms with Crippen molar-refractivity contribution in [3.05, 3.63) is 51.9 Å². The molecule has 1 heterocycles. The Morgan fingerprint density at radius 2 is 1.89 bits per heavy atom. The van der Waals surface area contributed by atoms with Crippen molar-refractivity contribution >= 4 is 0 Å². The Hall–Kier alpha value is -1.90. The van der Waals surface area contributed by atoms with Crippen molar-refractivity contribution < 1.29 is 0 Å². The van der Waals surface area contributed by atoms with E-state index < -0.39 is 0 Å². The molecule has 1 saturated carbocycles. The van der Waals surface area contributed by atoms with Crippen molar-refractivity contribution in [2.75, 3.05) is 0 Å². The molecule has 19 heavy (non-hydrogen) atoms. The van der Waals surface area contributed by atoms with Gasteiger partial charge in [0.05, 0.1) is 5.69 Å². The number of hydrogen-bond acceptors (Lipinski definition) is 2. The number of aromatic amines is 1. The lowest BCUT2D eigenvalue weighted by Crippen LogP contribution is -2.09. The minimum atomic E-state index is -0.0557. The maximum atomic E-state index is 11.7. The fourth-order valence-corrected chi connectivity index (χ4v) is 2.23. The summed E-state index contributed by atoms with van der Waals surface area (Å²) >= 11 is 0. The molecule has 3 heteroatoms. The molecule has 0 amide bonds. The van der Waals surface area contributed by atoms with Crippen LogP contribution < -0.4 is 5.56 Å². The van der Waals surface area contributed by atoms with Gasteiger partial charge in [-0.3, -0.25) is 4.79 Å². The minimum Gasteiger partial charge on any atom is -0.307 e. The molecular formula is C16H18N2O. The molecule has 1 aromatic carbocycles. The van der Waals surface area contributed by atoms with Crippen LogP contribution in [0.1, 0.15) is 49.8 Å². The third-order valence-corrected chi connectivity index (χ3v) is 3.61. The van der Waals surface area contributed by atoms with Crippen molar-refractivity contribution in [3.63, 3.8) is 0 Å². The van der Waals surface area contributed by atoms with Gasteiger partial charge in [-0.1, -0.05) is 38.1 Å². The Bertz CT molecular complexity index is 637. The van der Waals surface area contributed by atoms with E-state index in [1.807, 2.05) is 12.1 Å². The highest BCUT2D eigenvalue weighted by molar-refractivity contribution is 5.55. The van der Waals surface area contributed by atoms with Gasteiger partial charge >= 0.3 is 0 Å². The Morgan fingerprint density at radius 3 is 2.47 bits per heavy atom. The van der Waals surface area contributed by atoms with Gasteiger partial charge in [-0.05, 0) is 24.3 Å². The van der Waals surface area contributed by atoms with Gasteiger partial charge in [0.25, 0.3) is 5.56 Å². The number of aromatic nitrogens is 2. The summed E-state index contributed by atoms with van der Waals surface area (Å²) in [7, 11) is 0. The zero-order valence-electron chi connectivity index (χ0n) is 11.3. The van der Waals surface area contributed by atoms with Crippen molar-refractivity contribution in [3.8, 4) is 11.4 Å². The second-order valence-corrected chi connectivity index (χ2v) is 5.57. The number of nitrogens with zero attached hydrogens (tertiary/aromatic N) is 1. The van der Waals surface area contributed by atoms with Gasteiger partial charge in [-0.2, -0.15) is 0 Å². The smallest absolute Gasteiger partial charge is 0.251 e. The quantitative estimate of drug-likeness (QED) is 0.912. The fraction of sp³-hybridized carbons (Fsp3) is 0.375. The molecule has 98 valence electrons. The molecule has 3 nitrogen and oxygen atoms in total. The average molecular weight is 254 g/mol. The molecule has 3 rings (SSSR count). The molecule has 1 fully saturated rings. The lowest BCUT2D eigenvalue weighted by Gasteiger charge is -2.07. The zero-order valence-corrected chi connectivity index (χ0v) is 11.3. The summed E-state index contributed by atoms with van der Waals surface area (Å²) in [4.78, 5) is 19.1. The van der Waals surface area contributed by atoms with Crippen molar-refractivity contribution in [2.24, 2.45) is 0 Å². The molecule has 0 spiro atoms. The second kappa shape index (κ2) is 4.65. The van der Waals surface area contributed by atoms with E-state index >= 15 is 0 Å². The van der Waals surface area contributed by atoms with Gasteiger partial charge in [0, 0.05) is 17.5 Å². The first-order valence-corrected chi connectivity index (χ1v) is 6.85. The first kappa shape index (κ1) is 12.2. The highest BCUT2D eigenvalue weighted by Gasteiger charge is 2.25. The lowest BCUT2D eigenvalue weighted by molar-refractivity contribution is 0.866. The Morgan fingerprint density at radius 1 is 1.21 bits per heavy atom. The Balaban J connectivity index is 1.98. The molecule has 0 radical (unpaired) electrons. The summed E-state index contributed by atoms with van der Waals surface area (Å²) < 4.78 is 0. The number of rotatable bonds is 3. The molecule has 0 bridgehead atoms. The molecule has 1 aromatic heterocycles. The van der Waals surface area contributed by atoms with Crippen molar-refractivity contribution in [2.45, 2.75) is 38.5 Å². The van der Waals surface area contributed by atoms with E-state index in [0.717, 1.165) is 24.1 Å². The van der Waals surface area contributed by atoms with Crippen LogP contribution in [0.15, 0.2) is 35.1 Å². The van der Waals surface area contributed by atoms with Gasteiger partial charge in [-0.15, -0.1) is 0 Å². The highest BCUT2D eigenvalue weighted by Crippen LogP contribution is 2.38. The van der Waals surface area contributed by atoms with Crippen LogP contribution in [0.2, 0.25) is 0 Å². The van der Waals surface area contributed by atoms with Crippen LogP contribution in [0.4, 0.5) is 0 Å². The maximum absolute atomic E-state index is 11.7. The first-order chi connectivity index (χ1) is 9.13. The fourth-order valence-electron chi connectivity index (χ4n) is 2.23. The van der Waals surface area contributed by atoms with E-state index in [1.54, 1.807) is 6.07 Å².